The van der Waals surface area contributed by atoms with Crippen molar-refractivity contribution in [1.82, 2.24) is 15.1 Å². The fourth-order valence-electron chi connectivity index (χ4n) is 3.09. The average Bonchev–Trinajstić information content (AvgIpc) is 2.54. The number of hydrogen-bond donors (Lipinski definition) is 1. The van der Waals surface area contributed by atoms with Gasteiger partial charge in [-0.3, -0.25) is 4.68 Å². The van der Waals surface area contributed by atoms with Crippen LogP contribution in [0.5, 0.6) is 0 Å². The lowest BCUT2D eigenvalue weighted by atomic mass is 9.85. The topological polar surface area (TPSA) is 29.9 Å². The highest BCUT2D eigenvalue weighted by Gasteiger charge is 2.28. The Morgan fingerprint density at radius 2 is 2.18 bits per heavy atom. The van der Waals surface area contributed by atoms with E-state index in [1.165, 1.54) is 37.8 Å². The third-order valence-corrected chi connectivity index (χ3v) is 4.21. The molecule has 1 heterocycles. The maximum absolute atomic E-state index is 6.29. The molecule has 0 saturated heterocycles. The molecule has 0 amide bonds. The molecular formula is C13H22ClN3. The molecule has 2 unspecified atom stereocenters. The normalized spacial score (nSPS) is 25.8. The highest BCUT2D eigenvalue weighted by atomic mass is 35.5. The highest BCUT2D eigenvalue weighted by Crippen LogP contribution is 2.38. The molecule has 0 radical (unpaired) electrons. The summed E-state index contributed by atoms with van der Waals surface area (Å²) >= 11 is 6.29. The van der Waals surface area contributed by atoms with E-state index in [1.807, 2.05) is 18.8 Å². The smallest absolute Gasteiger partial charge is 0.0820 e. The number of hydrogen-bond acceptors (Lipinski definition) is 2. The second-order valence-electron chi connectivity index (χ2n) is 5.06. The average molecular weight is 256 g/mol. The van der Waals surface area contributed by atoms with Crippen molar-refractivity contribution in [2.75, 3.05) is 13.6 Å². The van der Waals surface area contributed by atoms with E-state index >= 15 is 0 Å². The van der Waals surface area contributed by atoms with Gasteiger partial charge in [0.25, 0.3) is 0 Å². The van der Waals surface area contributed by atoms with E-state index < -0.39 is 0 Å². The van der Waals surface area contributed by atoms with Crippen LogP contribution in [0.2, 0.25) is 5.02 Å². The number of aryl methyl sites for hydroxylation is 1. The lowest BCUT2D eigenvalue weighted by Gasteiger charge is -2.25. The van der Waals surface area contributed by atoms with Crippen LogP contribution in [0.25, 0.3) is 0 Å². The first-order valence-corrected chi connectivity index (χ1v) is 6.93. The maximum atomic E-state index is 6.29. The van der Waals surface area contributed by atoms with E-state index in [-0.39, 0.29) is 0 Å². The molecule has 0 bridgehead atoms. The zero-order chi connectivity index (χ0) is 12.3. The van der Waals surface area contributed by atoms with Gasteiger partial charge in [0.1, 0.15) is 0 Å². The van der Waals surface area contributed by atoms with Crippen LogP contribution in [-0.4, -0.2) is 23.4 Å². The van der Waals surface area contributed by atoms with Gasteiger partial charge in [-0.25, -0.2) is 0 Å². The molecular weight excluding hydrogens is 234 g/mol. The van der Waals surface area contributed by atoms with Crippen LogP contribution in [0.4, 0.5) is 0 Å². The first-order chi connectivity index (χ1) is 8.24. The van der Waals surface area contributed by atoms with Gasteiger partial charge in [-0.05, 0) is 32.4 Å². The summed E-state index contributed by atoms with van der Waals surface area (Å²) in [4.78, 5) is 0. The predicted molar refractivity (Wildman–Crippen MR) is 71.5 cm³/mol. The van der Waals surface area contributed by atoms with Crippen molar-refractivity contribution in [1.29, 1.82) is 0 Å². The van der Waals surface area contributed by atoms with E-state index in [2.05, 4.69) is 10.4 Å². The van der Waals surface area contributed by atoms with Gasteiger partial charge in [0.05, 0.1) is 16.9 Å². The number of aromatic nitrogens is 2. The second-order valence-corrected chi connectivity index (χ2v) is 5.47. The standard InChI is InChI=1S/C13H22ClN3/c1-15-8-10-6-4-3-5-7-11(10)13-12(14)9-16-17(13)2/h9-11,15H,3-8H2,1-2H3. The molecule has 17 heavy (non-hydrogen) atoms. The minimum Gasteiger partial charge on any atom is -0.319 e. The number of nitrogens with one attached hydrogen (secondary N) is 1. The van der Waals surface area contributed by atoms with Crippen LogP contribution in [0.1, 0.15) is 43.7 Å². The van der Waals surface area contributed by atoms with Gasteiger partial charge in [0, 0.05) is 13.0 Å². The van der Waals surface area contributed by atoms with Crippen LogP contribution in [-0.2, 0) is 7.05 Å². The highest BCUT2D eigenvalue weighted by molar-refractivity contribution is 6.31. The molecule has 1 fully saturated rings. The molecule has 1 aromatic rings. The maximum Gasteiger partial charge on any atom is 0.0820 e. The summed E-state index contributed by atoms with van der Waals surface area (Å²) in [6, 6.07) is 0. The van der Waals surface area contributed by atoms with Crippen molar-refractivity contribution in [2.45, 2.75) is 38.0 Å². The van der Waals surface area contributed by atoms with E-state index in [9.17, 15) is 0 Å². The number of rotatable bonds is 3. The summed E-state index contributed by atoms with van der Waals surface area (Å²) in [7, 11) is 4.04. The zero-order valence-corrected chi connectivity index (χ0v) is 11.5. The van der Waals surface area contributed by atoms with E-state index in [0.29, 0.717) is 11.8 Å². The van der Waals surface area contributed by atoms with Crippen LogP contribution in [0, 0.1) is 5.92 Å². The second kappa shape index (κ2) is 5.87. The molecule has 1 aliphatic rings. The quantitative estimate of drug-likeness (QED) is 0.842. The fourth-order valence-corrected chi connectivity index (χ4v) is 3.39. The van der Waals surface area contributed by atoms with Gasteiger partial charge in [-0.1, -0.05) is 30.9 Å². The van der Waals surface area contributed by atoms with Gasteiger partial charge in [0.2, 0.25) is 0 Å². The molecule has 1 N–H and O–H groups in total. The predicted octanol–water partition coefficient (Wildman–Crippen LogP) is 2.96. The minimum absolute atomic E-state index is 0.560. The van der Waals surface area contributed by atoms with Crippen LogP contribution in [0.3, 0.4) is 0 Å². The largest absolute Gasteiger partial charge is 0.319 e. The first-order valence-electron chi connectivity index (χ1n) is 6.56. The zero-order valence-electron chi connectivity index (χ0n) is 10.7. The molecule has 1 aromatic heterocycles. The molecule has 0 aromatic carbocycles. The Balaban J connectivity index is 2.25. The van der Waals surface area contributed by atoms with Crippen molar-refractivity contribution < 1.29 is 0 Å². The molecule has 96 valence electrons. The molecule has 3 nitrogen and oxygen atoms in total. The van der Waals surface area contributed by atoms with E-state index in [4.69, 9.17) is 11.6 Å². The van der Waals surface area contributed by atoms with Crippen LogP contribution < -0.4 is 5.32 Å². The summed E-state index contributed by atoms with van der Waals surface area (Å²) in [5.41, 5.74) is 1.23. The Morgan fingerprint density at radius 1 is 1.41 bits per heavy atom. The van der Waals surface area contributed by atoms with Gasteiger partial charge in [-0.15, -0.1) is 0 Å². The first kappa shape index (κ1) is 12.9. The van der Waals surface area contributed by atoms with Crippen molar-refractivity contribution >= 4 is 11.6 Å². The van der Waals surface area contributed by atoms with Crippen molar-refractivity contribution in [3.8, 4) is 0 Å². The van der Waals surface area contributed by atoms with Crippen molar-refractivity contribution in [3.05, 3.63) is 16.9 Å². The van der Waals surface area contributed by atoms with Crippen LogP contribution in [0.15, 0.2) is 6.20 Å². The molecule has 2 atom stereocenters. The Labute approximate surface area is 109 Å². The molecule has 0 aliphatic heterocycles. The van der Waals surface area contributed by atoms with Gasteiger partial charge in [-0.2, -0.15) is 5.10 Å². The summed E-state index contributed by atoms with van der Waals surface area (Å²) in [5.74, 6) is 1.25. The Bertz CT molecular complexity index is 342. The monoisotopic (exact) mass is 255 g/mol. The van der Waals surface area contributed by atoms with Gasteiger partial charge >= 0.3 is 0 Å². The fraction of sp³-hybridized carbons (Fsp3) is 0.769. The molecule has 2 rings (SSSR count). The Kier molecular flexibility index (Phi) is 4.46. The number of nitrogens with zero attached hydrogens (tertiary/aromatic N) is 2. The third-order valence-electron chi connectivity index (χ3n) is 3.91. The molecule has 1 aliphatic carbocycles. The third kappa shape index (κ3) is 2.83. The summed E-state index contributed by atoms with van der Waals surface area (Å²) in [6.07, 6.45) is 8.33. The summed E-state index contributed by atoms with van der Waals surface area (Å²) in [5, 5.41) is 8.44. The SMILES string of the molecule is CNCC1CCCCCC1c1c(Cl)cnn1C. The van der Waals surface area contributed by atoms with Gasteiger partial charge < -0.3 is 5.32 Å². The Morgan fingerprint density at radius 3 is 2.82 bits per heavy atom. The lowest BCUT2D eigenvalue weighted by Crippen LogP contribution is -2.25. The van der Waals surface area contributed by atoms with Crippen LogP contribution >= 0.6 is 11.6 Å². The molecule has 1 saturated carbocycles. The number of halogens is 1. The minimum atomic E-state index is 0.560. The van der Waals surface area contributed by atoms with E-state index in [0.717, 1.165) is 11.6 Å². The summed E-state index contributed by atoms with van der Waals surface area (Å²) < 4.78 is 1.96. The summed E-state index contributed by atoms with van der Waals surface area (Å²) in [6.45, 7) is 1.08. The molecule has 0 spiro atoms. The van der Waals surface area contributed by atoms with Crippen molar-refractivity contribution in [2.24, 2.45) is 13.0 Å². The lowest BCUT2D eigenvalue weighted by molar-refractivity contribution is 0.371. The Hall–Kier alpha value is -0.540. The van der Waals surface area contributed by atoms with Gasteiger partial charge in [0.15, 0.2) is 0 Å². The molecule has 4 heteroatoms. The van der Waals surface area contributed by atoms with Crippen molar-refractivity contribution in [3.63, 3.8) is 0 Å². The van der Waals surface area contributed by atoms with E-state index in [1.54, 1.807) is 6.20 Å².